The van der Waals surface area contributed by atoms with Gasteiger partial charge >= 0.3 is 0 Å². The van der Waals surface area contributed by atoms with E-state index in [0.717, 1.165) is 19.4 Å². The van der Waals surface area contributed by atoms with Gasteiger partial charge in [0.2, 0.25) is 0 Å². The van der Waals surface area contributed by atoms with Gasteiger partial charge < -0.3 is 16.2 Å². The summed E-state index contributed by atoms with van der Waals surface area (Å²) in [7, 11) is 0. The molecule has 0 saturated heterocycles. The fourth-order valence-electron chi connectivity index (χ4n) is 1.03. The van der Waals surface area contributed by atoms with Crippen LogP contribution in [0.5, 0.6) is 0 Å². The molecule has 4 nitrogen and oxygen atoms in total. The van der Waals surface area contributed by atoms with Crippen molar-refractivity contribution in [3.05, 3.63) is 17.3 Å². The van der Waals surface area contributed by atoms with Crippen LogP contribution in [0.4, 0.5) is 11.5 Å². The molecule has 78 valence electrons. The summed E-state index contributed by atoms with van der Waals surface area (Å²) >= 11 is 5.71. The van der Waals surface area contributed by atoms with Crippen LogP contribution in [0.25, 0.3) is 0 Å². The van der Waals surface area contributed by atoms with Crippen molar-refractivity contribution >= 4 is 23.1 Å². The molecule has 1 aromatic rings. The van der Waals surface area contributed by atoms with Crippen LogP contribution in [-0.2, 0) is 0 Å². The molecule has 0 aromatic carbocycles. The lowest BCUT2D eigenvalue weighted by Crippen LogP contribution is -2.06. The molecule has 14 heavy (non-hydrogen) atoms. The highest BCUT2D eigenvalue weighted by atomic mass is 35.5. The summed E-state index contributed by atoms with van der Waals surface area (Å²) in [5.74, 6) is 0.607. The molecule has 0 aliphatic rings. The van der Waals surface area contributed by atoms with Crippen LogP contribution in [0.1, 0.15) is 12.8 Å². The summed E-state index contributed by atoms with van der Waals surface area (Å²) in [4.78, 5) is 4.04. The van der Waals surface area contributed by atoms with Gasteiger partial charge in [0.15, 0.2) is 5.82 Å². The minimum atomic E-state index is 0.208. The highest BCUT2D eigenvalue weighted by Gasteiger charge is 2.00. The SMILES string of the molecule is Nc1ccc(Cl)nc1NCCCCO. The predicted octanol–water partition coefficient (Wildman–Crippen LogP) is 1.50. The number of anilines is 2. The Morgan fingerprint density at radius 2 is 2.21 bits per heavy atom. The van der Waals surface area contributed by atoms with Crippen molar-refractivity contribution < 1.29 is 5.11 Å². The minimum absolute atomic E-state index is 0.208. The van der Waals surface area contributed by atoms with Crippen molar-refractivity contribution in [3.8, 4) is 0 Å². The zero-order chi connectivity index (χ0) is 10.4. The smallest absolute Gasteiger partial charge is 0.150 e. The van der Waals surface area contributed by atoms with Gasteiger partial charge in [-0.25, -0.2) is 4.98 Å². The first-order valence-corrected chi connectivity index (χ1v) is 4.88. The normalized spacial score (nSPS) is 10.1. The van der Waals surface area contributed by atoms with Crippen LogP contribution in [0, 0.1) is 0 Å². The molecule has 0 radical (unpaired) electrons. The van der Waals surface area contributed by atoms with Gasteiger partial charge in [0.1, 0.15) is 5.15 Å². The van der Waals surface area contributed by atoms with E-state index in [-0.39, 0.29) is 6.61 Å². The number of hydrogen-bond donors (Lipinski definition) is 3. The first kappa shape index (κ1) is 11.1. The van der Waals surface area contributed by atoms with Crippen LogP contribution in [-0.4, -0.2) is 23.2 Å². The Labute approximate surface area is 88.1 Å². The lowest BCUT2D eigenvalue weighted by Gasteiger charge is -2.07. The van der Waals surface area contributed by atoms with E-state index < -0.39 is 0 Å². The molecule has 1 heterocycles. The molecule has 0 fully saturated rings. The maximum absolute atomic E-state index is 8.57. The number of unbranched alkanes of at least 4 members (excludes halogenated alkanes) is 1. The monoisotopic (exact) mass is 215 g/mol. The summed E-state index contributed by atoms with van der Waals surface area (Å²) in [6.45, 7) is 0.943. The van der Waals surface area contributed by atoms with Gasteiger partial charge in [-0.3, -0.25) is 0 Å². The molecule has 0 spiro atoms. The second kappa shape index (κ2) is 5.67. The van der Waals surface area contributed by atoms with Crippen molar-refractivity contribution in [2.24, 2.45) is 0 Å². The average Bonchev–Trinajstić information content (AvgIpc) is 2.18. The first-order valence-electron chi connectivity index (χ1n) is 4.51. The van der Waals surface area contributed by atoms with Gasteiger partial charge in [-0.15, -0.1) is 0 Å². The molecule has 0 atom stereocenters. The third-order valence-electron chi connectivity index (χ3n) is 1.77. The summed E-state index contributed by atoms with van der Waals surface area (Å²) in [6, 6.07) is 3.36. The molecule has 0 unspecified atom stereocenters. The number of nitrogens with one attached hydrogen (secondary N) is 1. The topological polar surface area (TPSA) is 71.2 Å². The predicted molar refractivity (Wildman–Crippen MR) is 58.5 cm³/mol. The van der Waals surface area contributed by atoms with E-state index in [1.165, 1.54) is 0 Å². The molecule has 4 N–H and O–H groups in total. The largest absolute Gasteiger partial charge is 0.396 e. The Balaban J connectivity index is 2.45. The molecule has 1 aromatic heterocycles. The van der Waals surface area contributed by atoms with Crippen molar-refractivity contribution in [1.82, 2.24) is 4.98 Å². The third kappa shape index (κ3) is 3.40. The lowest BCUT2D eigenvalue weighted by molar-refractivity contribution is 0.286. The number of nitrogen functional groups attached to an aromatic ring is 1. The second-order valence-electron chi connectivity index (χ2n) is 2.93. The number of rotatable bonds is 5. The van der Waals surface area contributed by atoms with Gasteiger partial charge in [-0.05, 0) is 25.0 Å². The van der Waals surface area contributed by atoms with Gasteiger partial charge in [0, 0.05) is 13.2 Å². The molecular weight excluding hydrogens is 202 g/mol. The van der Waals surface area contributed by atoms with Crippen molar-refractivity contribution in [2.75, 3.05) is 24.2 Å². The van der Waals surface area contributed by atoms with E-state index in [4.69, 9.17) is 22.4 Å². The number of aromatic nitrogens is 1. The number of hydrogen-bond acceptors (Lipinski definition) is 4. The van der Waals surface area contributed by atoms with Crippen LogP contribution in [0.15, 0.2) is 12.1 Å². The Kier molecular flexibility index (Phi) is 4.49. The van der Waals surface area contributed by atoms with E-state index in [9.17, 15) is 0 Å². The summed E-state index contributed by atoms with van der Waals surface area (Å²) in [5, 5.41) is 12.1. The lowest BCUT2D eigenvalue weighted by atomic mass is 10.3. The number of pyridine rings is 1. The molecule has 0 bridgehead atoms. The number of aliphatic hydroxyl groups is 1. The van der Waals surface area contributed by atoms with Gasteiger partial charge in [-0.1, -0.05) is 11.6 Å². The average molecular weight is 216 g/mol. The van der Waals surface area contributed by atoms with E-state index in [2.05, 4.69) is 10.3 Å². The number of nitrogens with zero attached hydrogens (tertiary/aromatic N) is 1. The summed E-state index contributed by atoms with van der Waals surface area (Å²) in [5.41, 5.74) is 6.25. The van der Waals surface area contributed by atoms with E-state index in [0.29, 0.717) is 16.7 Å². The number of aliphatic hydroxyl groups excluding tert-OH is 1. The van der Waals surface area contributed by atoms with E-state index in [1.807, 2.05) is 0 Å². The third-order valence-corrected chi connectivity index (χ3v) is 1.98. The zero-order valence-corrected chi connectivity index (χ0v) is 8.59. The highest BCUT2D eigenvalue weighted by molar-refractivity contribution is 6.29. The fourth-order valence-corrected chi connectivity index (χ4v) is 1.18. The Hall–Kier alpha value is -1.00. The highest BCUT2D eigenvalue weighted by Crippen LogP contribution is 2.17. The van der Waals surface area contributed by atoms with Gasteiger partial charge in [0.05, 0.1) is 5.69 Å². The maximum atomic E-state index is 8.57. The number of nitrogens with two attached hydrogens (primary N) is 1. The van der Waals surface area contributed by atoms with Crippen LogP contribution < -0.4 is 11.1 Å². The summed E-state index contributed by atoms with van der Waals surface area (Å²) in [6.07, 6.45) is 1.65. The Morgan fingerprint density at radius 1 is 1.43 bits per heavy atom. The van der Waals surface area contributed by atoms with Gasteiger partial charge in [0.25, 0.3) is 0 Å². The molecule has 0 amide bonds. The van der Waals surface area contributed by atoms with Crippen LogP contribution in [0.3, 0.4) is 0 Å². The second-order valence-corrected chi connectivity index (χ2v) is 3.32. The van der Waals surface area contributed by atoms with Crippen LogP contribution in [0.2, 0.25) is 5.15 Å². The zero-order valence-electron chi connectivity index (χ0n) is 7.83. The quantitative estimate of drug-likeness (QED) is 0.514. The standard InChI is InChI=1S/C9H14ClN3O/c10-8-4-3-7(11)9(13-8)12-5-1-2-6-14/h3-4,14H,1-2,5-6,11H2,(H,12,13). The molecule has 0 aliphatic carbocycles. The molecule has 1 rings (SSSR count). The Morgan fingerprint density at radius 3 is 2.93 bits per heavy atom. The Bertz CT molecular complexity index is 293. The van der Waals surface area contributed by atoms with E-state index >= 15 is 0 Å². The maximum Gasteiger partial charge on any atom is 0.150 e. The summed E-state index contributed by atoms with van der Waals surface area (Å²) < 4.78 is 0. The van der Waals surface area contributed by atoms with Gasteiger partial charge in [-0.2, -0.15) is 0 Å². The van der Waals surface area contributed by atoms with Crippen LogP contribution >= 0.6 is 11.6 Å². The fraction of sp³-hybridized carbons (Fsp3) is 0.444. The number of halogens is 1. The van der Waals surface area contributed by atoms with E-state index in [1.54, 1.807) is 12.1 Å². The van der Waals surface area contributed by atoms with Crippen molar-refractivity contribution in [2.45, 2.75) is 12.8 Å². The molecular formula is C9H14ClN3O. The first-order chi connectivity index (χ1) is 6.74. The minimum Gasteiger partial charge on any atom is -0.396 e. The van der Waals surface area contributed by atoms with Crippen molar-refractivity contribution in [3.63, 3.8) is 0 Å². The molecule has 0 saturated carbocycles. The molecule has 5 heteroatoms. The van der Waals surface area contributed by atoms with Crippen molar-refractivity contribution in [1.29, 1.82) is 0 Å². The molecule has 0 aliphatic heterocycles.